The summed E-state index contributed by atoms with van der Waals surface area (Å²) in [6.45, 7) is 0. The lowest BCUT2D eigenvalue weighted by molar-refractivity contribution is 0.0202. The molecule has 1 heterocycles. The molecule has 0 aromatic heterocycles. The van der Waals surface area contributed by atoms with E-state index in [-0.39, 0.29) is 28.4 Å². The highest BCUT2D eigenvalue weighted by atomic mass is 16.5. The molecule has 0 unspecified atom stereocenters. The van der Waals surface area contributed by atoms with Gasteiger partial charge in [-0.25, -0.2) is 0 Å². The summed E-state index contributed by atoms with van der Waals surface area (Å²) in [7, 11) is 2.86. The van der Waals surface area contributed by atoms with Gasteiger partial charge in [-0.1, -0.05) is 0 Å². The number of aliphatic hydroxyl groups is 1. The molecule has 0 saturated heterocycles. The first-order valence-electron chi connectivity index (χ1n) is 7.13. The van der Waals surface area contributed by atoms with E-state index in [1.54, 1.807) is 6.07 Å². The molecule has 0 bridgehead atoms. The fourth-order valence-corrected chi connectivity index (χ4v) is 2.64. The molecule has 0 amide bonds. The van der Waals surface area contributed by atoms with E-state index in [2.05, 4.69) is 0 Å². The minimum Gasteiger partial charge on any atom is -0.508 e. The average Bonchev–Trinajstić information content (AvgIpc) is 2.58. The number of benzene rings is 2. The zero-order valence-corrected chi connectivity index (χ0v) is 13.0. The van der Waals surface area contributed by atoms with Crippen LogP contribution in [0.1, 0.15) is 22.0 Å². The van der Waals surface area contributed by atoms with Crippen LogP contribution in [0.2, 0.25) is 0 Å². The first-order chi connectivity index (χ1) is 11.5. The number of hydrogen-bond donors (Lipinski definition) is 3. The molecular formula is C17H16O7. The van der Waals surface area contributed by atoms with Crippen LogP contribution in [-0.4, -0.2) is 41.4 Å². The second-order valence-electron chi connectivity index (χ2n) is 5.29. The molecule has 2 atom stereocenters. The van der Waals surface area contributed by atoms with Gasteiger partial charge in [0.05, 0.1) is 14.2 Å². The third-order valence-corrected chi connectivity index (χ3v) is 3.89. The van der Waals surface area contributed by atoms with Crippen molar-refractivity contribution in [3.63, 3.8) is 0 Å². The van der Waals surface area contributed by atoms with Crippen LogP contribution in [0.25, 0.3) is 0 Å². The number of methoxy groups -OCH3 is 2. The molecule has 1 aliphatic heterocycles. The van der Waals surface area contributed by atoms with Gasteiger partial charge in [0.1, 0.15) is 34.3 Å². The Bertz CT molecular complexity index is 800. The predicted molar refractivity (Wildman–Crippen MR) is 83.0 cm³/mol. The van der Waals surface area contributed by atoms with Crippen molar-refractivity contribution in [1.82, 2.24) is 0 Å². The number of aromatic hydroxyl groups is 2. The topological polar surface area (TPSA) is 105 Å². The van der Waals surface area contributed by atoms with Gasteiger partial charge < -0.3 is 29.5 Å². The monoisotopic (exact) mass is 332 g/mol. The summed E-state index contributed by atoms with van der Waals surface area (Å²) in [6.07, 6.45) is -2.73. The standard InChI is InChI=1S/C17H16O7/c1-22-8-3-4-11(18)10(5-8)17-16(21)15(20)14-12(19)6-9(23-2)7-13(14)24-17/h3-7,16-19,21H,1-2H3/t16-,17-/m1/s1. The minimum absolute atomic E-state index is 0.0642. The van der Waals surface area contributed by atoms with Gasteiger partial charge in [0.2, 0.25) is 5.78 Å². The second-order valence-corrected chi connectivity index (χ2v) is 5.29. The van der Waals surface area contributed by atoms with E-state index in [9.17, 15) is 20.1 Å². The van der Waals surface area contributed by atoms with Crippen molar-refractivity contribution < 1.29 is 34.3 Å². The van der Waals surface area contributed by atoms with Crippen molar-refractivity contribution in [1.29, 1.82) is 0 Å². The SMILES string of the molecule is COc1cc(O)c2c(c1)O[C@H](c1cc(OC)ccc1O)[C@H](O)C2=O. The third kappa shape index (κ3) is 2.48. The van der Waals surface area contributed by atoms with E-state index < -0.39 is 18.0 Å². The van der Waals surface area contributed by atoms with Gasteiger partial charge in [0, 0.05) is 17.7 Å². The maximum Gasteiger partial charge on any atom is 0.202 e. The van der Waals surface area contributed by atoms with Gasteiger partial charge in [-0.3, -0.25) is 4.79 Å². The summed E-state index contributed by atoms with van der Waals surface area (Å²) in [5.41, 5.74) is 0.0742. The lowest BCUT2D eigenvalue weighted by Gasteiger charge is -2.30. The zero-order valence-electron chi connectivity index (χ0n) is 13.0. The van der Waals surface area contributed by atoms with Crippen molar-refractivity contribution in [2.24, 2.45) is 0 Å². The molecule has 0 spiro atoms. The highest BCUT2D eigenvalue weighted by Gasteiger charge is 2.40. The zero-order chi connectivity index (χ0) is 17.4. The number of rotatable bonds is 3. The summed E-state index contributed by atoms with van der Waals surface area (Å²) in [5, 5.41) is 30.4. The number of hydrogen-bond acceptors (Lipinski definition) is 7. The fraction of sp³-hybridized carbons (Fsp3) is 0.235. The Balaban J connectivity index is 2.10. The Morgan fingerprint density at radius 1 is 1.00 bits per heavy atom. The summed E-state index contributed by atoms with van der Waals surface area (Å²) >= 11 is 0. The Morgan fingerprint density at radius 3 is 2.38 bits per heavy atom. The number of aliphatic hydroxyl groups excluding tert-OH is 1. The summed E-state index contributed by atoms with van der Waals surface area (Å²) in [6, 6.07) is 7.09. The van der Waals surface area contributed by atoms with Gasteiger partial charge in [0.15, 0.2) is 12.2 Å². The lowest BCUT2D eigenvalue weighted by Crippen LogP contribution is -2.36. The van der Waals surface area contributed by atoms with Crippen molar-refractivity contribution in [2.45, 2.75) is 12.2 Å². The molecule has 24 heavy (non-hydrogen) atoms. The second kappa shape index (κ2) is 5.93. The summed E-state index contributed by atoms with van der Waals surface area (Å²) in [4.78, 5) is 12.4. The maximum atomic E-state index is 12.4. The van der Waals surface area contributed by atoms with Crippen LogP contribution in [-0.2, 0) is 0 Å². The number of phenolic OH excluding ortho intramolecular Hbond substituents is 2. The summed E-state index contributed by atoms with van der Waals surface area (Å²) in [5.74, 6) is -0.405. The van der Waals surface area contributed by atoms with E-state index in [1.165, 1.54) is 38.5 Å². The van der Waals surface area contributed by atoms with Crippen LogP contribution in [0.5, 0.6) is 28.7 Å². The average molecular weight is 332 g/mol. The van der Waals surface area contributed by atoms with E-state index in [4.69, 9.17) is 14.2 Å². The molecule has 0 saturated carbocycles. The van der Waals surface area contributed by atoms with Crippen LogP contribution < -0.4 is 14.2 Å². The van der Waals surface area contributed by atoms with E-state index in [0.29, 0.717) is 11.5 Å². The molecule has 3 N–H and O–H groups in total. The van der Waals surface area contributed by atoms with E-state index in [0.717, 1.165) is 0 Å². The molecule has 126 valence electrons. The highest BCUT2D eigenvalue weighted by molar-refractivity contribution is 6.05. The largest absolute Gasteiger partial charge is 0.508 e. The predicted octanol–water partition coefficient (Wildman–Crippen LogP) is 1.79. The van der Waals surface area contributed by atoms with Crippen LogP contribution >= 0.6 is 0 Å². The molecule has 1 aliphatic rings. The van der Waals surface area contributed by atoms with Gasteiger partial charge in [-0.2, -0.15) is 0 Å². The highest BCUT2D eigenvalue weighted by Crippen LogP contribution is 2.44. The van der Waals surface area contributed by atoms with Gasteiger partial charge in [0.25, 0.3) is 0 Å². The first kappa shape index (κ1) is 15.9. The number of ketones is 1. The van der Waals surface area contributed by atoms with Gasteiger partial charge in [-0.15, -0.1) is 0 Å². The number of carbonyl (C=O) groups is 1. The lowest BCUT2D eigenvalue weighted by atomic mass is 9.92. The molecule has 3 rings (SSSR count). The Kier molecular flexibility index (Phi) is 3.94. The molecule has 0 fully saturated rings. The first-order valence-corrected chi connectivity index (χ1v) is 7.13. The Hall–Kier alpha value is -2.93. The van der Waals surface area contributed by atoms with Crippen LogP contribution in [0.4, 0.5) is 0 Å². The van der Waals surface area contributed by atoms with E-state index >= 15 is 0 Å². The summed E-state index contributed by atoms with van der Waals surface area (Å²) < 4.78 is 15.8. The smallest absolute Gasteiger partial charge is 0.202 e. The van der Waals surface area contributed by atoms with Crippen LogP contribution in [0.3, 0.4) is 0 Å². The third-order valence-electron chi connectivity index (χ3n) is 3.89. The number of phenols is 2. The molecule has 2 aromatic carbocycles. The number of Topliss-reactive ketones (excluding diaryl/α,β-unsaturated/α-hetero) is 1. The maximum absolute atomic E-state index is 12.4. The van der Waals surface area contributed by atoms with Crippen molar-refractivity contribution in [3.8, 4) is 28.7 Å². The van der Waals surface area contributed by atoms with Crippen molar-refractivity contribution >= 4 is 5.78 Å². The quantitative estimate of drug-likeness (QED) is 0.787. The normalized spacial score (nSPS) is 19.4. The number of carbonyl (C=O) groups excluding carboxylic acids is 1. The Morgan fingerprint density at radius 2 is 1.71 bits per heavy atom. The molecule has 0 aliphatic carbocycles. The molecule has 7 nitrogen and oxygen atoms in total. The van der Waals surface area contributed by atoms with Gasteiger partial charge >= 0.3 is 0 Å². The minimum atomic E-state index is -1.59. The van der Waals surface area contributed by atoms with Crippen LogP contribution in [0.15, 0.2) is 30.3 Å². The molecule has 0 radical (unpaired) electrons. The van der Waals surface area contributed by atoms with E-state index in [1.807, 2.05) is 0 Å². The fourth-order valence-electron chi connectivity index (χ4n) is 2.64. The van der Waals surface area contributed by atoms with Crippen LogP contribution in [0, 0.1) is 0 Å². The Labute approximate surface area is 137 Å². The van der Waals surface area contributed by atoms with Gasteiger partial charge in [-0.05, 0) is 18.2 Å². The molecular weight excluding hydrogens is 316 g/mol. The molecule has 2 aromatic rings. The van der Waals surface area contributed by atoms with Crippen molar-refractivity contribution in [2.75, 3.05) is 14.2 Å². The van der Waals surface area contributed by atoms with Crippen molar-refractivity contribution in [3.05, 3.63) is 41.5 Å². The number of fused-ring (bicyclic) bond motifs is 1. The molecule has 7 heteroatoms. The number of ether oxygens (including phenoxy) is 3.